The first-order valence-electron chi connectivity index (χ1n) is 14.3. The molecular weight excluding hydrogens is 501 g/mol. The number of piperidine rings is 1. The molecule has 1 N–H and O–H groups in total. The van der Waals surface area contributed by atoms with Crippen molar-refractivity contribution in [1.29, 1.82) is 5.26 Å². The van der Waals surface area contributed by atoms with Crippen molar-refractivity contribution in [3.05, 3.63) is 89.7 Å². The van der Waals surface area contributed by atoms with Crippen molar-refractivity contribution >= 4 is 17.6 Å². The number of hydrogen-bond acceptors (Lipinski definition) is 4. The Bertz CT molecular complexity index is 1460. The summed E-state index contributed by atoms with van der Waals surface area (Å²) in [7, 11) is 0. The smallest absolute Gasteiger partial charge is 0.350 e. The lowest BCUT2D eigenvalue weighted by molar-refractivity contribution is 0.181. The Balaban J connectivity index is 1.23. The van der Waals surface area contributed by atoms with Gasteiger partial charge < -0.3 is 5.32 Å². The van der Waals surface area contributed by atoms with Gasteiger partial charge in [-0.3, -0.25) is 9.80 Å². The van der Waals surface area contributed by atoms with Crippen LogP contribution in [0.2, 0.25) is 0 Å². The lowest BCUT2D eigenvalue weighted by Crippen LogP contribution is -2.62. The van der Waals surface area contributed by atoms with Crippen LogP contribution in [0, 0.1) is 17.1 Å². The van der Waals surface area contributed by atoms with Crippen molar-refractivity contribution in [2.75, 3.05) is 18.0 Å². The molecule has 0 atom stereocenters. The van der Waals surface area contributed by atoms with Gasteiger partial charge >= 0.3 is 6.03 Å². The lowest BCUT2D eigenvalue weighted by Gasteiger charge is -2.45. The Hall–Kier alpha value is -4.02. The van der Waals surface area contributed by atoms with Gasteiger partial charge in [0.2, 0.25) is 0 Å². The third-order valence-corrected chi connectivity index (χ3v) is 8.65. The van der Waals surface area contributed by atoms with Crippen LogP contribution in [0.25, 0.3) is 11.1 Å². The van der Waals surface area contributed by atoms with Gasteiger partial charge in [0.15, 0.2) is 0 Å². The van der Waals surface area contributed by atoms with Gasteiger partial charge in [-0.1, -0.05) is 61.7 Å². The number of nitrogens with one attached hydrogen (secondary N) is 1. The first kappa shape index (κ1) is 26.2. The third kappa shape index (κ3) is 5.12. The van der Waals surface area contributed by atoms with E-state index >= 15 is 0 Å². The second-order valence-electron chi connectivity index (χ2n) is 11.2. The quantitative estimate of drug-likeness (QED) is 0.397. The molecule has 2 heterocycles. The average Bonchev–Trinajstić information content (AvgIpc) is 3.24. The van der Waals surface area contributed by atoms with Crippen LogP contribution in [0.15, 0.2) is 77.8 Å². The highest BCUT2D eigenvalue weighted by atomic mass is 19.1. The van der Waals surface area contributed by atoms with Crippen molar-refractivity contribution < 1.29 is 9.18 Å². The standard InChI is InChI=1S/C33H34FN5O/c34-27-11-7-14-29(21-27)39-32(40)37-31(36-28-12-2-1-3-13-28)33(39)16-18-38(19-17-33)23-24-8-6-10-25(20-24)30-15-5-4-9-26(30)22-35/h4-11,14-15,20-21,28H,1-3,12-13,16-19,23H2,(H,36,37,40). The molecule has 3 aromatic rings. The van der Waals surface area contributed by atoms with Gasteiger partial charge in [0, 0.05) is 31.4 Å². The van der Waals surface area contributed by atoms with E-state index in [1.165, 1.54) is 37.0 Å². The molecule has 1 saturated heterocycles. The van der Waals surface area contributed by atoms with E-state index in [1.807, 2.05) is 36.4 Å². The second kappa shape index (κ2) is 11.2. The van der Waals surface area contributed by atoms with Crippen LogP contribution in [0.4, 0.5) is 14.9 Å². The second-order valence-corrected chi connectivity index (χ2v) is 11.2. The third-order valence-electron chi connectivity index (χ3n) is 8.65. The van der Waals surface area contributed by atoms with Crippen LogP contribution in [-0.2, 0) is 6.54 Å². The zero-order valence-electron chi connectivity index (χ0n) is 22.7. The summed E-state index contributed by atoms with van der Waals surface area (Å²) in [4.78, 5) is 22.0. The molecule has 1 saturated carbocycles. The fraction of sp³-hybridized carbons (Fsp3) is 0.364. The van der Waals surface area contributed by atoms with Gasteiger partial charge in [-0.25, -0.2) is 9.18 Å². The summed E-state index contributed by atoms with van der Waals surface area (Å²) < 4.78 is 14.3. The van der Waals surface area contributed by atoms with Crippen molar-refractivity contribution in [3.63, 3.8) is 0 Å². The number of rotatable bonds is 5. The van der Waals surface area contributed by atoms with E-state index in [0.717, 1.165) is 49.4 Å². The van der Waals surface area contributed by atoms with Gasteiger partial charge in [-0.15, -0.1) is 0 Å². The number of carbonyl (C=O) groups excluding carboxylic acids is 1. The summed E-state index contributed by atoms with van der Waals surface area (Å²) in [5.41, 5.74) is 3.78. The normalized spacial score (nSPS) is 19.4. The molecule has 0 bridgehead atoms. The number of carbonyl (C=O) groups is 1. The molecule has 6 rings (SSSR count). The largest absolute Gasteiger partial charge is 0.369 e. The number of nitrogens with zero attached hydrogens (tertiary/aromatic N) is 4. The summed E-state index contributed by atoms with van der Waals surface area (Å²) in [6.45, 7) is 2.34. The predicted molar refractivity (Wildman–Crippen MR) is 156 cm³/mol. The maximum absolute atomic E-state index is 14.3. The van der Waals surface area contributed by atoms with E-state index in [2.05, 4.69) is 33.4 Å². The summed E-state index contributed by atoms with van der Waals surface area (Å²) in [6, 6.07) is 24.7. The fourth-order valence-electron chi connectivity index (χ4n) is 6.59. The van der Waals surface area contributed by atoms with Crippen molar-refractivity contribution in [3.8, 4) is 17.2 Å². The lowest BCUT2D eigenvalue weighted by atomic mass is 9.83. The molecular formula is C33H34FN5O. The minimum absolute atomic E-state index is 0.318. The van der Waals surface area contributed by atoms with E-state index in [9.17, 15) is 14.4 Å². The molecule has 1 spiro atoms. The Morgan fingerprint density at radius 2 is 1.75 bits per heavy atom. The van der Waals surface area contributed by atoms with Crippen LogP contribution in [0.1, 0.15) is 56.1 Å². The zero-order valence-corrected chi connectivity index (χ0v) is 22.7. The van der Waals surface area contributed by atoms with E-state index in [0.29, 0.717) is 30.1 Å². The molecule has 40 heavy (non-hydrogen) atoms. The Labute approximate surface area is 235 Å². The van der Waals surface area contributed by atoms with Crippen LogP contribution in [-0.4, -0.2) is 41.4 Å². The minimum Gasteiger partial charge on any atom is -0.369 e. The molecule has 0 aromatic heterocycles. The van der Waals surface area contributed by atoms with Gasteiger partial charge in [-0.05, 0) is 72.7 Å². The van der Waals surface area contributed by atoms with Crippen LogP contribution < -0.4 is 10.2 Å². The molecule has 1 aliphatic carbocycles. The minimum atomic E-state index is -0.605. The maximum atomic E-state index is 14.3. The number of amides is 2. The van der Waals surface area contributed by atoms with E-state index in [4.69, 9.17) is 0 Å². The van der Waals surface area contributed by atoms with Crippen LogP contribution in [0.3, 0.4) is 0 Å². The number of aliphatic imine (C=N–C) groups is 1. The number of likely N-dealkylation sites (tertiary alicyclic amines) is 1. The first-order chi connectivity index (χ1) is 19.6. The first-order valence-corrected chi connectivity index (χ1v) is 14.3. The summed E-state index contributed by atoms with van der Waals surface area (Å²) in [5.74, 6) is 0.396. The van der Waals surface area contributed by atoms with Gasteiger partial charge in [-0.2, -0.15) is 10.3 Å². The van der Waals surface area contributed by atoms with Crippen molar-refractivity contribution in [1.82, 2.24) is 10.2 Å². The van der Waals surface area contributed by atoms with Crippen molar-refractivity contribution in [2.45, 2.75) is 63.1 Å². The highest BCUT2D eigenvalue weighted by Gasteiger charge is 2.52. The number of nitriles is 1. The Kier molecular flexibility index (Phi) is 7.36. The molecule has 0 unspecified atom stereocenters. The molecule has 7 heteroatoms. The number of hydrogen-bond donors (Lipinski definition) is 1. The molecule has 3 aromatic carbocycles. The topological polar surface area (TPSA) is 71.7 Å². The summed E-state index contributed by atoms with van der Waals surface area (Å²) in [5, 5.41) is 13.2. The van der Waals surface area contributed by atoms with Crippen LogP contribution in [0.5, 0.6) is 0 Å². The van der Waals surface area contributed by atoms with E-state index in [1.54, 1.807) is 17.0 Å². The number of benzene rings is 3. The molecule has 6 nitrogen and oxygen atoms in total. The Morgan fingerprint density at radius 3 is 2.52 bits per heavy atom. The van der Waals surface area contributed by atoms with Gasteiger partial charge in [0.05, 0.1) is 11.6 Å². The number of amidine groups is 1. The van der Waals surface area contributed by atoms with E-state index < -0.39 is 5.54 Å². The number of halogens is 1. The Morgan fingerprint density at radius 1 is 0.975 bits per heavy atom. The fourth-order valence-corrected chi connectivity index (χ4v) is 6.59. The number of urea groups is 1. The number of anilines is 1. The van der Waals surface area contributed by atoms with Gasteiger partial charge in [0.25, 0.3) is 0 Å². The van der Waals surface area contributed by atoms with Crippen molar-refractivity contribution in [2.24, 2.45) is 4.99 Å². The summed E-state index contributed by atoms with van der Waals surface area (Å²) in [6.07, 6.45) is 7.22. The van der Waals surface area contributed by atoms with Gasteiger partial charge in [0.1, 0.15) is 17.2 Å². The molecule has 2 fully saturated rings. The van der Waals surface area contributed by atoms with E-state index in [-0.39, 0.29) is 11.8 Å². The highest BCUT2D eigenvalue weighted by Crippen LogP contribution is 2.39. The zero-order chi connectivity index (χ0) is 27.5. The predicted octanol–water partition coefficient (Wildman–Crippen LogP) is 6.66. The molecule has 3 aliphatic rings. The molecule has 2 amide bonds. The van der Waals surface area contributed by atoms with Crippen LogP contribution >= 0.6 is 0 Å². The summed E-state index contributed by atoms with van der Waals surface area (Å²) >= 11 is 0. The molecule has 2 aliphatic heterocycles. The monoisotopic (exact) mass is 535 g/mol. The maximum Gasteiger partial charge on any atom is 0.350 e. The highest BCUT2D eigenvalue weighted by molar-refractivity contribution is 6.16. The average molecular weight is 536 g/mol. The molecule has 204 valence electrons. The molecule has 0 radical (unpaired) electrons. The SMILES string of the molecule is N#Cc1ccccc1-c1cccc(CN2CCC3(CC2)C(NC2CCCCC2)=NC(=O)N3c2cccc(F)c2)c1.